The van der Waals surface area contributed by atoms with E-state index in [0.29, 0.717) is 0 Å². The monoisotopic (exact) mass is 279 g/mol. The second-order valence-electron chi connectivity index (χ2n) is 4.27. The number of carbonyl (C=O) groups is 1. The summed E-state index contributed by atoms with van der Waals surface area (Å²) >= 11 is 0. The zero-order chi connectivity index (χ0) is 15.1. The smallest absolute Gasteiger partial charge is 0.207 e. The molecule has 0 fully saturated rings. The van der Waals surface area contributed by atoms with Crippen molar-refractivity contribution in [2.45, 2.75) is 0 Å². The van der Waals surface area contributed by atoms with E-state index in [4.69, 9.17) is 4.79 Å². The molecule has 0 aliphatic rings. The third-order valence-electron chi connectivity index (χ3n) is 3.03. The highest BCUT2D eigenvalue weighted by molar-refractivity contribution is 5.62. The Morgan fingerprint density at radius 2 is 1.52 bits per heavy atom. The van der Waals surface area contributed by atoms with E-state index in [1.165, 1.54) is 0 Å². The van der Waals surface area contributed by atoms with Crippen LogP contribution in [-0.2, 0) is 4.79 Å². The van der Waals surface area contributed by atoms with Gasteiger partial charge in [-0.3, -0.25) is 4.57 Å². The molecule has 2 aromatic carbocycles. The van der Waals surface area contributed by atoms with Gasteiger partial charge in [0.1, 0.15) is 6.79 Å². The van der Waals surface area contributed by atoms with Crippen LogP contribution in [0.3, 0.4) is 0 Å². The Labute approximate surface area is 124 Å². The van der Waals surface area contributed by atoms with Crippen LogP contribution < -0.4 is 5.32 Å². The average Bonchev–Trinajstić information content (AvgIpc) is 3.03. The van der Waals surface area contributed by atoms with Gasteiger partial charge in [-0.2, -0.15) is 0 Å². The first-order chi connectivity index (χ1) is 10.4. The van der Waals surface area contributed by atoms with Crippen molar-refractivity contribution >= 4 is 12.7 Å². The third-order valence-corrected chi connectivity index (χ3v) is 3.03. The van der Waals surface area contributed by atoms with E-state index in [1.807, 2.05) is 50.2 Å². The maximum Gasteiger partial charge on any atom is 0.207 e. The standard InChI is InChI=1S/C16H15N3.CH2O/c1-17-16-18-15(13-8-4-2-5-9-13)12-19(16)14-10-6-3-7-11-14;1-2/h2-12H,1H3,(H,17,18);1H2. The minimum Gasteiger partial charge on any atom is -0.358 e. The van der Waals surface area contributed by atoms with Gasteiger partial charge in [0.2, 0.25) is 5.95 Å². The molecule has 1 aromatic heterocycles. The molecule has 1 heterocycles. The maximum absolute atomic E-state index is 8.00. The van der Waals surface area contributed by atoms with E-state index in [-0.39, 0.29) is 0 Å². The number of rotatable bonds is 3. The molecule has 0 aliphatic heterocycles. The first-order valence-electron chi connectivity index (χ1n) is 6.55. The Morgan fingerprint density at radius 3 is 2.10 bits per heavy atom. The lowest BCUT2D eigenvalue weighted by Crippen LogP contribution is -1.99. The Balaban J connectivity index is 0.000000774. The van der Waals surface area contributed by atoms with Crippen LogP contribution in [0.4, 0.5) is 5.95 Å². The molecule has 3 rings (SSSR count). The Bertz CT molecular complexity index is 678. The Hall–Kier alpha value is -2.88. The number of nitrogens with zero attached hydrogens (tertiary/aromatic N) is 2. The van der Waals surface area contributed by atoms with Gasteiger partial charge in [-0.05, 0) is 12.1 Å². The van der Waals surface area contributed by atoms with Crippen molar-refractivity contribution in [2.75, 3.05) is 12.4 Å². The van der Waals surface area contributed by atoms with Crippen molar-refractivity contribution in [1.82, 2.24) is 9.55 Å². The van der Waals surface area contributed by atoms with E-state index in [9.17, 15) is 0 Å². The highest BCUT2D eigenvalue weighted by Crippen LogP contribution is 2.23. The molecule has 0 amide bonds. The molecule has 0 unspecified atom stereocenters. The third kappa shape index (κ3) is 3.17. The number of hydrogen-bond acceptors (Lipinski definition) is 3. The summed E-state index contributed by atoms with van der Waals surface area (Å²) in [5.41, 5.74) is 3.18. The van der Waals surface area contributed by atoms with Crippen LogP contribution in [0.2, 0.25) is 0 Å². The molecular formula is C17H17N3O. The number of hydrogen-bond donors (Lipinski definition) is 1. The van der Waals surface area contributed by atoms with Gasteiger partial charge in [0.15, 0.2) is 0 Å². The predicted octanol–water partition coefficient (Wildman–Crippen LogP) is 3.40. The van der Waals surface area contributed by atoms with Crippen LogP contribution in [0.5, 0.6) is 0 Å². The van der Waals surface area contributed by atoms with Gasteiger partial charge in [0.25, 0.3) is 0 Å². The average molecular weight is 279 g/mol. The second-order valence-corrected chi connectivity index (χ2v) is 4.27. The largest absolute Gasteiger partial charge is 0.358 e. The zero-order valence-corrected chi connectivity index (χ0v) is 11.9. The molecule has 0 aliphatic carbocycles. The van der Waals surface area contributed by atoms with Crippen LogP contribution in [0.15, 0.2) is 66.9 Å². The number of imidazole rings is 1. The van der Waals surface area contributed by atoms with Crippen LogP contribution in [0, 0.1) is 0 Å². The molecule has 0 radical (unpaired) electrons. The molecule has 0 saturated carbocycles. The summed E-state index contributed by atoms with van der Waals surface area (Å²) in [5.74, 6) is 0.838. The summed E-state index contributed by atoms with van der Waals surface area (Å²) in [6.45, 7) is 2.00. The topological polar surface area (TPSA) is 46.9 Å². The minimum atomic E-state index is 0.838. The molecule has 0 spiro atoms. The quantitative estimate of drug-likeness (QED) is 0.799. The van der Waals surface area contributed by atoms with Crippen LogP contribution in [0.25, 0.3) is 16.9 Å². The number of nitrogens with one attached hydrogen (secondary N) is 1. The summed E-state index contributed by atoms with van der Waals surface area (Å²) in [6, 6.07) is 20.4. The number of carbonyl (C=O) groups excluding carboxylic acids is 1. The van der Waals surface area contributed by atoms with Gasteiger partial charge >= 0.3 is 0 Å². The van der Waals surface area contributed by atoms with Gasteiger partial charge in [0.05, 0.1) is 5.69 Å². The second kappa shape index (κ2) is 7.05. The van der Waals surface area contributed by atoms with Crippen molar-refractivity contribution in [3.05, 3.63) is 66.9 Å². The van der Waals surface area contributed by atoms with Crippen molar-refractivity contribution in [3.8, 4) is 16.9 Å². The molecule has 0 atom stereocenters. The molecule has 0 saturated heterocycles. The molecule has 4 heteroatoms. The first-order valence-corrected chi connectivity index (χ1v) is 6.55. The van der Waals surface area contributed by atoms with Crippen LogP contribution in [0.1, 0.15) is 0 Å². The molecule has 1 N–H and O–H groups in total. The fourth-order valence-corrected chi connectivity index (χ4v) is 2.09. The van der Waals surface area contributed by atoms with E-state index in [0.717, 1.165) is 22.9 Å². The van der Waals surface area contributed by atoms with E-state index in [1.54, 1.807) is 0 Å². The summed E-state index contributed by atoms with van der Waals surface area (Å²) in [5, 5.41) is 3.14. The van der Waals surface area contributed by atoms with Crippen LogP contribution in [-0.4, -0.2) is 23.4 Å². The van der Waals surface area contributed by atoms with Crippen molar-refractivity contribution in [3.63, 3.8) is 0 Å². The van der Waals surface area contributed by atoms with Gasteiger partial charge in [-0.15, -0.1) is 0 Å². The van der Waals surface area contributed by atoms with Crippen molar-refractivity contribution in [1.29, 1.82) is 0 Å². The number of benzene rings is 2. The summed E-state index contributed by atoms with van der Waals surface area (Å²) in [4.78, 5) is 12.6. The normalized spacial score (nSPS) is 9.57. The summed E-state index contributed by atoms with van der Waals surface area (Å²) in [7, 11) is 1.89. The molecule has 0 bridgehead atoms. The highest BCUT2D eigenvalue weighted by Gasteiger charge is 2.09. The lowest BCUT2D eigenvalue weighted by molar-refractivity contribution is -0.0979. The van der Waals surface area contributed by atoms with E-state index in [2.05, 4.69) is 45.3 Å². The van der Waals surface area contributed by atoms with Crippen LogP contribution >= 0.6 is 0 Å². The van der Waals surface area contributed by atoms with Gasteiger partial charge < -0.3 is 10.1 Å². The van der Waals surface area contributed by atoms with E-state index < -0.39 is 0 Å². The fourth-order valence-electron chi connectivity index (χ4n) is 2.09. The lowest BCUT2D eigenvalue weighted by Gasteiger charge is -2.05. The Morgan fingerprint density at radius 1 is 0.952 bits per heavy atom. The SMILES string of the molecule is C=O.CNc1nc(-c2ccccc2)cn1-c1ccccc1. The number of anilines is 1. The lowest BCUT2D eigenvalue weighted by atomic mass is 10.2. The van der Waals surface area contributed by atoms with Crippen molar-refractivity contribution in [2.24, 2.45) is 0 Å². The number of aromatic nitrogens is 2. The fraction of sp³-hybridized carbons (Fsp3) is 0.0588. The molecule has 21 heavy (non-hydrogen) atoms. The first kappa shape index (κ1) is 14.5. The summed E-state index contributed by atoms with van der Waals surface area (Å²) in [6.07, 6.45) is 2.05. The molecule has 106 valence electrons. The van der Waals surface area contributed by atoms with E-state index >= 15 is 0 Å². The maximum atomic E-state index is 8.00. The highest BCUT2D eigenvalue weighted by atomic mass is 16.1. The van der Waals surface area contributed by atoms with Gasteiger partial charge in [-0.1, -0.05) is 48.5 Å². The van der Waals surface area contributed by atoms with Gasteiger partial charge in [0, 0.05) is 24.5 Å². The van der Waals surface area contributed by atoms with Gasteiger partial charge in [-0.25, -0.2) is 4.98 Å². The predicted molar refractivity (Wildman–Crippen MR) is 85.7 cm³/mol. The Kier molecular flexibility index (Phi) is 4.88. The van der Waals surface area contributed by atoms with Crippen molar-refractivity contribution < 1.29 is 4.79 Å². The molecule has 4 nitrogen and oxygen atoms in total. The zero-order valence-electron chi connectivity index (χ0n) is 11.9. The molecular weight excluding hydrogens is 262 g/mol. The molecule has 3 aromatic rings. The minimum absolute atomic E-state index is 0.838. The summed E-state index contributed by atoms with van der Waals surface area (Å²) < 4.78 is 2.06. The number of para-hydroxylation sites is 1.